The zero-order valence-electron chi connectivity index (χ0n) is 11.2. The van der Waals surface area contributed by atoms with Gasteiger partial charge in [-0.25, -0.2) is 12.8 Å². The van der Waals surface area contributed by atoms with Crippen molar-refractivity contribution in [1.29, 1.82) is 0 Å². The average Bonchev–Trinajstić information content (AvgIpc) is 2.43. The van der Waals surface area contributed by atoms with Gasteiger partial charge in [-0.1, -0.05) is 5.92 Å². The van der Waals surface area contributed by atoms with Crippen LogP contribution in [0.3, 0.4) is 0 Å². The molecule has 0 unspecified atom stereocenters. The fraction of sp³-hybridized carbons (Fsp3) is 0.385. The predicted octanol–water partition coefficient (Wildman–Crippen LogP) is 1.11. The summed E-state index contributed by atoms with van der Waals surface area (Å²) in [4.78, 5) is 1.57. The van der Waals surface area contributed by atoms with E-state index in [1.807, 2.05) is 4.90 Å². The van der Waals surface area contributed by atoms with E-state index < -0.39 is 20.7 Å². The highest BCUT2D eigenvalue weighted by molar-refractivity contribution is 9.10. The van der Waals surface area contributed by atoms with Gasteiger partial charge >= 0.3 is 0 Å². The molecule has 0 spiro atoms. The number of nitrogens with zero attached hydrogens (tertiary/aromatic N) is 2. The van der Waals surface area contributed by atoms with Crippen molar-refractivity contribution >= 4 is 31.6 Å². The van der Waals surface area contributed by atoms with E-state index in [1.165, 1.54) is 10.4 Å². The van der Waals surface area contributed by atoms with Gasteiger partial charge in [-0.2, -0.15) is 4.31 Å². The molecule has 2 N–H and O–H groups in total. The molecule has 0 radical (unpaired) electrons. The predicted molar refractivity (Wildman–Crippen MR) is 82.5 cm³/mol. The highest BCUT2D eigenvalue weighted by atomic mass is 79.9. The molecule has 21 heavy (non-hydrogen) atoms. The van der Waals surface area contributed by atoms with Crippen molar-refractivity contribution in [3.05, 3.63) is 22.4 Å². The molecule has 5 nitrogen and oxygen atoms in total. The Morgan fingerprint density at radius 3 is 2.52 bits per heavy atom. The van der Waals surface area contributed by atoms with E-state index in [-0.39, 0.29) is 23.2 Å². The summed E-state index contributed by atoms with van der Waals surface area (Å²) in [5.74, 6) is 1.70. The second-order valence-corrected chi connectivity index (χ2v) is 7.46. The molecule has 0 aromatic heterocycles. The Hall–Kier alpha value is -1.14. The lowest BCUT2D eigenvalue weighted by Gasteiger charge is -2.33. The Kier molecular flexibility index (Phi) is 4.88. The SMILES string of the molecule is C#CCN1CCN(S(=O)(=O)c2cc(N)cc(Br)c2F)CC1. The molecule has 0 atom stereocenters. The number of sulfonamides is 1. The number of hydrogen-bond donors (Lipinski definition) is 1. The minimum Gasteiger partial charge on any atom is -0.399 e. The molecule has 1 aliphatic rings. The Bertz CT molecular complexity index is 679. The molecule has 1 fully saturated rings. The first kappa shape index (κ1) is 16.2. The number of anilines is 1. The Balaban J connectivity index is 2.26. The van der Waals surface area contributed by atoms with Crippen molar-refractivity contribution in [2.24, 2.45) is 0 Å². The van der Waals surface area contributed by atoms with E-state index in [0.29, 0.717) is 19.6 Å². The van der Waals surface area contributed by atoms with E-state index in [9.17, 15) is 12.8 Å². The third-order valence-corrected chi connectivity index (χ3v) is 5.76. The number of halogens is 2. The van der Waals surface area contributed by atoms with Crippen molar-refractivity contribution in [3.63, 3.8) is 0 Å². The van der Waals surface area contributed by atoms with Crippen LogP contribution in [0.4, 0.5) is 10.1 Å². The Morgan fingerprint density at radius 2 is 1.95 bits per heavy atom. The fourth-order valence-electron chi connectivity index (χ4n) is 2.17. The van der Waals surface area contributed by atoms with Crippen molar-refractivity contribution in [1.82, 2.24) is 9.21 Å². The van der Waals surface area contributed by atoms with Crippen LogP contribution < -0.4 is 5.73 Å². The minimum atomic E-state index is -3.91. The Labute approximate surface area is 132 Å². The molecular formula is C13H15BrFN3O2S. The second kappa shape index (κ2) is 6.32. The van der Waals surface area contributed by atoms with Crippen LogP contribution >= 0.6 is 15.9 Å². The first-order valence-corrected chi connectivity index (χ1v) is 8.50. The number of terminal acetylenes is 1. The number of benzene rings is 1. The van der Waals surface area contributed by atoms with Crippen molar-refractivity contribution in [2.45, 2.75) is 4.90 Å². The molecule has 8 heteroatoms. The van der Waals surface area contributed by atoms with E-state index in [1.54, 1.807) is 0 Å². The number of hydrogen-bond acceptors (Lipinski definition) is 4. The summed E-state index contributed by atoms with van der Waals surface area (Å²) in [6.45, 7) is 2.07. The monoisotopic (exact) mass is 375 g/mol. The van der Waals surface area contributed by atoms with Gasteiger partial charge in [0.05, 0.1) is 11.0 Å². The molecular weight excluding hydrogens is 361 g/mol. The van der Waals surface area contributed by atoms with Gasteiger partial charge in [-0.15, -0.1) is 6.42 Å². The third kappa shape index (κ3) is 3.37. The zero-order valence-corrected chi connectivity index (χ0v) is 13.6. The van der Waals surface area contributed by atoms with Gasteiger partial charge in [0.2, 0.25) is 10.0 Å². The van der Waals surface area contributed by atoms with Crippen LogP contribution in [0.1, 0.15) is 0 Å². The van der Waals surface area contributed by atoms with Gasteiger partial charge in [0.1, 0.15) is 4.90 Å². The van der Waals surface area contributed by atoms with Crippen LogP contribution in [0.2, 0.25) is 0 Å². The molecule has 0 bridgehead atoms. The Morgan fingerprint density at radius 1 is 1.33 bits per heavy atom. The maximum Gasteiger partial charge on any atom is 0.246 e. The topological polar surface area (TPSA) is 66.6 Å². The second-order valence-electron chi connectivity index (χ2n) is 4.70. The number of nitrogen functional groups attached to an aromatic ring is 1. The van der Waals surface area contributed by atoms with E-state index >= 15 is 0 Å². The molecule has 1 heterocycles. The smallest absolute Gasteiger partial charge is 0.246 e. The molecule has 0 amide bonds. The summed E-state index contributed by atoms with van der Waals surface area (Å²) >= 11 is 2.98. The summed E-state index contributed by atoms with van der Waals surface area (Å²) in [6, 6.07) is 2.47. The summed E-state index contributed by atoms with van der Waals surface area (Å²) in [6.07, 6.45) is 5.23. The van der Waals surface area contributed by atoms with Crippen molar-refractivity contribution in [3.8, 4) is 12.3 Å². The summed E-state index contributed by atoms with van der Waals surface area (Å²) in [7, 11) is -3.91. The van der Waals surface area contributed by atoms with Gasteiger partial charge in [-0.3, -0.25) is 4.90 Å². The minimum absolute atomic E-state index is 0.0343. The fourth-order valence-corrected chi connectivity index (χ4v) is 4.32. The normalized spacial score (nSPS) is 17.6. The van der Waals surface area contributed by atoms with Gasteiger partial charge in [0.25, 0.3) is 0 Å². The van der Waals surface area contributed by atoms with E-state index in [2.05, 4.69) is 21.9 Å². The van der Waals surface area contributed by atoms with Crippen LogP contribution in [0.5, 0.6) is 0 Å². The summed E-state index contributed by atoms with van der Waals surface area (Å²) in [5, 5.41) is 0. The highest BCUT2D eigenvalue weighted by Gasteiger charge is 2.31. The molecule has 114 valence electrons. The zero-order chi connectivity index (χ0) is 15.6. The van der Waals surface area contributed by atoms with Crippen LogP contribution in [0, 0.1) is 18.2 Å². The van der Waals surface area contributed by atoms with Crippen LogP contribution in [0.15, 0.2) is 21.5 Å². The average molecular weight is 376 g/mol. The molecule has 2 rings (SSSR count). The van der Waals surface area contributed by atoms with E-state index in [0.717, 1.165) is 6.07 Å². The number of rotatable bonds is 3. The maximum atomic E-state index is 14.1. The molecule has 1 saturated heterocycles. The molecule has 0 saturated carbocycles. The van der Waals surface area contributed by atoms with E-state index in [4.69, 9.17) is 12.2 Å². The first-order chi connectivity index (χ1) is 9.86. The summed E-state index contributed by atoms with van der Waals surface area (Å²) < 4.78 is 40.4. The first-order valence-electron chi connectivity index (χ1n) is 6.26. The quantitative estimate of drug-likeness (QED) is 0.634. The number of nitrogens with two attached hydrogens (primary N) is 1. The van der Waals surface area contributed by atoms with Gasteiger partial charge in [0.15, 0.2) is 5.82 Å². The van der Waals surface area contributed by atoms with Crippen molar-refractivity contribution < 1.29 is 12.8 Å². The molecule has 0 aliphatic carbocycles. The van der Waals surface area contributed by atoms with Crippen LogP contribution in [-0.4, -0.2) is 50.3 Å². The third-order valence-electron chi connectivity index (χ3n) is 3.28. The molecule has 1 aromatic carbocycles. The number of piperazine rings is 1. The van der Waals surface area contributed by atoms with Gasteiger partial charge < -0.3 is 5.73 Å². The van der Waals surface area contributed by atoms with Crippen LogP contribution in [-0.2, 0) is 10.0 Å². The molecule has 1 aromatic rings. The summed E-state index contributed by atoms with van der Waals surface area (Å²) in [5.41, 5.74) is 5.79. The lowest BCUT2D eigenvalue weighted by Crippen LogP contribution is -2.48. The standard InChI is InChI=1S/C13H15BrFN3O2S/c1-2-3-17-4-6-18(7-5-17)21(19,20)12-9-10(16)8-11(14)13(12)15/h1,8-9H,3-7,16H2. The largest absolute Gasteiger partial charge is 0.399 e. The van der Waals surface area contributed by atoms with Crippen LogP contribution in [0.25, 0.3) is 0 Å². The lowest BCUT2D eigenvalue weighted by molar-refractivity contribution is 0.206. The van der Waals surface area contributed by atoms with Gasteiger partial charge in [0, 0.05) is 31.9 Å². The molecule has 1 aliphatic heterocycles. The van der Waals surface area contributed by atoms with Crippen molar-refractivity contribution in [2.75, 3.05) is 38.5 Å². The lowest BCUT2D eigenvalue weighted by atomic mass is 10.3. The highest BCUT2D eigenvalue weighted by Crippen LogP contribution is 2.28. The van der Waals surface area contributed by atoms with Gasteiger partial charge in [-0.05, 0) is 28.1 Å². The maximum absolute atomic E-state index is 14.1.